The Morgan fingerprint density at radius 2 is 1.11 bits per heavy atom. The Labute approximate surface area is 177 Å². The maximum Gasteiger partial charge on any atom is 0 e. The first-order valence-electron chi connectivity index (χ1n) is 7.27. The van der Waals surface area contributed by atoms with Gasteiger partial charge in [-0.25, -0.2) is 9.59 Å². The summed E-state index contributed by atoms with van der Waals surface area (Å²) in [6, 6.07) is 0. The average Bonchev–Trinajstić information content (AvgIpc) is 3.28. The van der Waals surface area contributed by atoms with Gasteiger partial charge in [0, 0.05) is 17.1 Å². The van der Waals surface area contributed by atoms with Crippen molar-refractivity contribution in [3.05, 3.63) is 76.0 Å². The van der Waals surface area contributed by atoms with E-state index in [0.29, 0.717) is 11.1 Å². The third-order valence-corrected chi connectivity index (χ3v) is 2.96. The van der Waals surface area contributed by atoms with Crippen molar-refractivity contribution in [1.29, 1.82) is 0 Å². The molecular weight excluding hydrogens is 408 g/mol. The predicted molar refractivity (Wildman–Crippen MR) is 95.1 cm³/mol. The molecule has 0 aromatic carbocycles. The van der Waals surface area contributed by atoms with Gasteiger partial charge in [-0.2, -0.15) is 0 Å². The molecule has 2 aliphatic rings. The molecule has 0 amide bonds. The van der Waals surface area contributed by atoms with Crippen LogP contribution in [-0.4, -0.2) is 24.1 Å². The number of esters is 2. The summed E-state index contributed by atoms with van der Waals surface area (Å²) in [7, 11) is 0. The smallest absolute Gasteiger partial charge is 0 e. The number of hydrogen-bond donors (Lipinski definition) is 0. The van der Waals surface area contributed by atoms with Crippen LogP contribution in [0.4, 0.5) is 0 Å². The van der Waals surface area contributed by atoms with Crippen LogP contribution in [0.3, 0.4) is 0 Å². The van der Waals surface area contributed by atoms with Crippen molar-refractivity contribution in [2.75, 3.05) is 0 Å². The number of ether oxygens (including phenoxy) is 2. The zero-order chi connectivity index (χ0) is 21.1. The van der Waals surface area contributed by atoms with Gasteiger partial charge in [0.1, 0.15) is 12.2 Å². The number of hydrogen-bond acceptors (Lipinski definition) is 4. The number of rotatable bonds is 4. The van der Waals surface area contributed by atoms with Gasteiger partial charge >= 0.3 is 45.8 Å². The molecule has 2 heterocycles. The van der Waals surface area contributed by atoms with Gasteiger partial charge in [0.2, 0.25) is 0 Å². The first-order valence-corrected chi connectivity index (χ1v) is 7.27. The number of cyclic esters (lactones) is 2. The van der Waals surface area contributed by atoms with E-state index < -0.39 is 0 Å². The van der Waals surface area contributed by atoms with Gasteiger partial charge in [0.25, 0.3) is 0 Å². The van der Waals surface area contributed by atoms with Crippen molar-refractivity contribution in [2.24, 2.45) is 0 Å². The molecule has 28 heavy (non-hydrogen) atoms. The van der Waals surface area contributed by atoms with Gasteiger partial charge in [-0.3, -0.25) is 0 Å². The van der Waals surface area contributed by atoms with E-state index in [1.165, 1.54) is 12.2 Å². The van der Waals surface area contributed by atoms with Crippen molar-refractivity contribution in [3.63, 3.8) is 0 Å². The van der Waals surface area contributed by atoms with Crippen LogP contribution in [0.5, 0.6) is 0 Å². The van der Waals surface area contributed by atoms with Gasteiger partial charge in [0.05, 0.1) is 11.1 Å². The first-order chi connectivity index (χ1) is 12.5. The fourth-order valence-corrected chi connectivity index (χ4v) is 1.72. The maximum absolute atomic E-state index is 10.8. The van der Waals surface area contributed by atoms with Crippen LogP contribution in [0, 0.1) is 27.4 Å². The Hall–Kier alpha value is -2.36. The van der Waals surface area contributed by atoms with E-state index in [0.717, 1.165) is 12.8 Å². The molecule has 0 unspecified atom stereocenters. The SMILES string of the molecule is C=CC1=C[C@@H](CC)OC1=O.C=CC1=C[C@@H](CC)OC1=O.[C-]#[O+].[C-]#[O+].[C-]#[O+].[CH3-].[Fe]. The topological polar surface area (TPSA) is 112 Å². The van der Waals surface area contributed by atoms with Crippen molar-refractivity contribution in [3.8, 4) is 0 Å². The van der Waals surface area contributed by atoms with Gasteiger partial charge in [-0.1, -0.05) is 39.2 Å². The molecule has 0 aromatic rings. The largest absolute Gasteiger partial charge is 0.358 e. The fourth-order valence-electron chi connectivity index (χ4n) is 1.72. The fraction of sp³-hybridized carbons (Fsp3) is 0.300. The van der Waals surface area contributed by atoms with E-state index in [1.54, 1.807) is 12.2 Å². The minimum absolute atomic E-state index is 0. The molecule has 154 valence electrons. The first kappa shape index (κ1) is 36.5. The summed E-state index contributed by atoms with van der Waals surface area (Å²) in [6.45, 7) is 24.4. The van der Waals surface area contributed by atoms with E-state index in [4.69, 9.17) is 23.4 Å². The monoisotopic (exact) mass is 431 g/mol. The zero-order valence-corrected chi connectivity index (χ0v) is 17.1. The van der Waals surface area contributed by atoms with E-state index in [9.17, 15) is 9.59 Å². The van der Waals surface area contributed by atoms with Gasteiger partial charge < -0.3 is 16.9 Å². The molecule has 8 heteroatoms. The summed E-state index contributed by atoms with van der Waals surface area (Å²) in [5, 5.41) is 0. The zero-order valence-electron chi connectivity index (χ0n) is 16.0. The third kappa shape index (κ3) is 13.8. The average molecular weight is 431 g/mol. The number of carbonyl (C=O) groups excluding carboxylic acids is 2. The van der Waals surface area contributed by atoms with E-state index >= 15 is 0 Å². The molecule has 0 saturated heterocycles. The molecule has 0 radical (unpaired) electrons. The molecule has 0 spiro atoms. The van der Waals surface area contributed by atoms with Crippen molar-refractivity contribution >= 4 is 11.9 Å². The minimum atomic E-state index is -0.248. The Morgan fingerprint density at radius 1 is 0.857 bits per heavy atom. The summed E-state index contributed by atoms with van der Waals surface area (Å²) in [5.41, 5.74) is 1.18. The molecule has 2 rings (SSSR count). The second-order valence-electron chi connectivity index (χ2n) is 4.36. The summed E-state index contributed by atoms with van der Waals surface area (Å²) in [4.78, 5) is 21.6. The van der Waals surface area contributed by atoms with Crippen LogP contribution in [0.2, 0.25) is 0 Å². The second-order valence-corrected chi connectivity index (χ2v) is 4.36. The maximum atomic E-state index is 10.8. The molecule has 0 bridgehead atoms. The molecule has 0 N–H and O–H groups in total. The minimum Gasteiger partial charge on any atom is -0.358 e. The van der Waals surface area contributed by atoms with Crippen molar-refractivity contribution < 1.29 is 50.1 Å². The summed E-state index contributed by atoms with van der Waals surface area (Å²) in [6.07, 6.45) is 8.27. The third-order valence-electron chi connectivity index (χ3n) is 2.96. The Morgan fingerprint density at radius 3 is 1.21 bits per heavy atom. The molecule has 0 fully saturated rings. The van der Waals surface area contributed by atoms with E-state index in [2.05, 4.69) is 33.1 Å². The van der Waals surface area contributed by atoms with Crippen molar-refractivity contribution in [2.45, 2.75) is 38.9 Å². The van der Waals surface area contributed by atoms with Crippen LogP contribution < -0.4 is 0 Å². The predicted octanol–water partition coefficient (Wildman–Crippen LogP) is 3.20. The molecule has 0 aromatic heterocycles. The van der Waals surface area contributed by atoms with E-state index in [-0.39, 0.29) is 48.6 Å². The van der Waals surface area contributed by atoms with Crippen LogP contribution in [-0.2, 0) is 50.1 Å². The van der Waals surface area contributed by atoms with Gasteiger partial charge in [-0.15, -0.1) is 0 Å². The summed E-state index contributed by atoms with van der Waals surface area (Å²) in [5.74, 6) is -0.497. The summed E-state index contributed by atoms with van der Waals surface area (Å²) >= 11 is 0. The second kappa shape index (κ2) is 24.6. The number of carbonyl (C=O) groups is 2. The Bertz CT molecular complexity index is 539. The molecule has 0 saturated carbocycles. The van der Waals surface area contributed by atoms with E-state index in [1.807, 2.05) is 13.8 Å². The summed E-state index contributed by atoms with van der Waals surface area (Å²) < 4.78 is 32.3. The van der Waals surface area contributed by atoms with Crippen LogP contribution in [0.15, 0.2) is 48.6 Å². The van der Waals surface area contributed by atoms with Crippen molar-refractivity contribution in [1.82, 2.24) is 0 Å². The molecule has 7 nitrogen and oxygen atoms in total. The normalized spacial score (nSPS) is 17.3. The standard InChI is InChI=1S/2C8H10O2.3CO.CH3.Fe/c2*1-3-6-5-7(4-2)10-8(6)9;3*1-2;;/h2*3,5,7H,1,4H2,2H3;;;;1H3;/q;;;;;-1;/t2*7-;;;;;/m11...../s1. The Balaban J connectivity index is -0.0000000940. The molecular formula is C20H23FeO7-. The quantitative estimate of drug-likeness (QED) is 0.294. The molecule has 0 aliphatic carbocycles. The van der Waals surface area contributed by atoms with Gasteiger partial charge in [0.15, 0.2) is 0 Å². The molecule has 2 atom stereocenters. The van der Waals surface area contributed by atoms with Crippen LogP contribution >= 0.6 is 0 Å². The van der Waals surface area contributed by atoms with Crippen LogP contribution in [0.25, 0.3) is 0 Å². The molecule has 2 aliphatic heterocycles. The van der Waals surface area contributed by atoms with Crippen LogP contribution in [0.1, 0.15) is 26.7 Å². The Kier molecular flexibility index (Phi) is 32.2. The van der Waals surface area contributed by atoms with Gasteiger partial charge in [-0.05, 0) is 25.0 Å².